The van der Waals surface area contributed by atoms with Crippen molar-refractivity contribution in [3.05, 3.63) is 0 Å². The van der Waals surface area contributed by atoms with Gasteiger partial charge < -0.3 is 31.3 Å². The maximum Gasteiger partial charge on any atom is 0.249 e. The summed E-state index contributed by atoms with van der Waals surface area (Å²) in [6.45, 7) is 3.27. The van der Waals surface area contributed by atoms with E-state index in [-0.39, 0.29) is 84.4 Å². The molecule has 5 N–H and O–H groups in total. The number of imide groups is 2. The Hall–Kier alpha value is -3.09. The predicted molar refractivity (Wildman–Crippen MR) is 189 cm³/mol. The first-order valence-corrected chi connectivity index (χ1v) is 18.2. The number of nitrogens with one attached hydrogen (secondary N) is 5. The topological polar surface area (TPSA) is 248 Å². The van der Waals surface area contributed by atoms with Gasteiger partial charge in [-0.05, 0) is 39.5 Å². The number of nitrogens with zero attached hydrogens (tertiary/aromatic N) is 2. The third-order valence-corrected chi connectivity index (χ3v) is 9.21. The van der Waals surface area contributed by atoms with Gasteiger partial charge in [0.15, 0.2) is 0 Å². The molecule has 0 aromatic rings. The molecule has 0 saturated carbocycles. The summed E-state index contributed by atoms with van der Waals surface area (Å²) in [7, 11) is 0. The van der Waals surface area contributed by atoms with E-state index in [0.29, 0.717) is 49.7 Å². The molecule has 0 aromatic heterocycles. The molecule has 0 aromatic carbocycles. The molecule has 0 radical (unpaired) electrons. The molecular weight excluding hydrogens is 755 g/mol. The standard InChI is InChI=1S/C28H43N7O12S4/c1-3-45-16(2)26(42)33-17(12-22(38)31-8-6-29-20(36)4-10-34-24(40)14-18(27(34)43)50-46-48)13-23(39)32-9-7-30-21(37)5-11-35-25(41)15-19(28(35)44)51-47-49/h16-19,48-49H,3-15H2,1-2H3,(H,29,36)(H,30,37)(H,31,38)(H,32,39)(H,33,42)/i/hT2. The molecule has 3 unspecified atom stereocenters. The normalized spacial score (nSPS) is 18.9. The van der Waals surface area contributed by atoms with E-state index in [2.05, 4.69) is 26.6 Å². The van der Waals surface area contributed by atoms with E-state index in [0.717, 1.165) is 9.80 Å². The van der Waals surface area contributed by atoms with Crippen molar-refractivity contribution in [1.82, 2.24) is 36.4 Å². The molecule has 23 heteroatoms. The van der Waals surface area contributed by atoms with Crippen molar-refractivity contribution in [3.63, 3.8) is 0 Å². The zero-order valence-electron chi connectivity index (χ0n) is 29.9. The smallest absolute Gasteiger partial charge is 0.249 e. The Morgan fingerprint density at radius 1 is 0.765 bits per heavy atom. The molecule has 0 aliphatic carbocycles. The first-order valence-electron chi connectivity index (χ1n) is 16.7. The number of thiol groups is 2. The molecule has 2 heterocycles. The van der Waals surface area contributed by atoms with E-state index in [1.807, 2.05) is 0 Å². The van der Waals surface area contributed by atoms with Crippen molar-refractivity contribution in [2.75, 3.05) is 45.9 Å². The van der Waals surface area contributed by atoms with E-state index in [9.17, 15) is 43.2 Å². The van der Waals surface area contributed by atoms with Crippen molar-refractivity contribution in [1.29, 1.82) is 2.25 Å². The number of rotatable bonds is 26. The van der Waals surface area contributed by atoms with E-state index in [1.165, 1.54) is 6.92 Å². The van der Waals surface area contributed by atoms with E-state index >= 15 is 0 Å². The van der Waals surface area contributed by atoms with Crippen LogP contribution < -0.4 is 26.6 Å². The van der Waals surface area contributed by atoms with Crippen LogP contribution in [0.3, 0.4) is 0 Å². The summed E-state index contributed by atoms with van der Waals surface area (Å²) in [6.07, 6.45) is -1.93. The Kier molecular flexibility index (Phi) is 18.7. The molecule has 286 valence electrons. The van der Waals surface area contributed by atoms with Gasteiger partial charge in [0.25, 0.3) is 0 Å². The summed E-state index contributed by atoms with van der Waals surface area (Å²) in [5.74, 6) is -4.43. The highest BCUT2D eigenvalue weighted by atomic mass is 32.2. The molecule has 0 bridgehead atoms. The first kappa shape index (κ1) is 40.7. The lowest BCUT2D eigenvalue weighted by Gasteiger charge is -2.21. The van der Waals surface area contributed by atoms with Crippen LogP contribution in [0.4, 0.5) is 0 Å². The quantitative estimate of drug-likeness (QED) is 0.0221. The maximum atomic E-state index is 12.7. The third-order valence-electron chi connectivity index (χ3n) is 7.38. The van der Waals surface area contributed by atoms with Crippen LogP contribution in [-0.4, -0.2) is 134 Å². The maximum absolute atomic E-state index is 12.7. The molecule has 0 spiro atoms. The Labute approximate surface area is 316 Å². The zero-order chi connectivity index (χ0) is 39.3. The minimum atomic E-state index is -0.931. The first-order chi connectivity index (χ1) is 25.3. The van der Waals surface area contributed by atoms with Gasteiger partial charge in [-0.3, -0.25) is 53.0 Å². The Balaban J connectivity index is 1.73. The van der Waals surface area contributed by atoms with Gasteiger partial charge >= 0.3 is 0 Å². The fraction of sp³-hybridized carbons (Fsp3) is 0.679. The second-order valence-corrected chi connectivity index (χ2v) is 13.7. The van der Waals surface area contributed by atoms with Crippen LogP contribution in [-0.2, 0) is 55.1 Å². The number of hydrogen-bond donors (Lipinski definition) is 7. The lowest BCUT2D eigenvalue weighted by molar-refractivity contribution is -0.140. The summed E-state index contributed by atoms with van der Waals surface area (Å²) >= 11 is 2.04. The van der Waals surface area contributed by atoms with Crippen LogP contribution in [0.1, 0.15) is 52.4 Å². The van der Waals surface area contributed by atoms with E-state index in [4.69, 9.17) is 14.2 Å². The molecule has 2 fully saturated rings. The van der Waals surface area contributed by atoms with Gasteiger partial charge in [0.05, 0.1) is 12.8 Å². The van der Waals surface area contributed by atoms with Gasteiger partial charge in [0.2, 0.25) is 53.2 Å². The van der Waals surface area contributed by atoms with Crippen molar-refractivity contribution in [2.24, 2.45) is 0 Å². The summed E-state index contributed by atoms with van der Waals surface area (Å²) in [6, 6.07) is -0.931. The number of carbonyl (C=O) groups excluding carboxylic acids is 9. The number of likely N-dealkylation sites (tertiary alicyclic amines) is 2. The predicted octanol–water partition coefficient (Wildman–Crippen LogP) is -1.80. The molecule has 2 saturated heterocycles. The fourth-order valence-corrected chi connectivity index (χ4v) is 6.44. The number of ether oxygens (including phenoxy) is 1. The van der Waals surface area contributed by atoms with E-state index < -0.39 is 75.8 Å². The number of amides is 9. The lowest BCUT2D eigenvalue weighted by Crippen LogP contribution is -2.47. The molecule has 51 heavy (non-hydrogen) atoms. The van der Waals surface area contributed by atoms with Crippen LogP contribution in [0, 0.1) is 0 Å². The van der Waals surface area contributed by atoms with Gasteiger partial charge in [0, 0.05) is 102 Å². The minimum absolute atomic E-state index is 0.00804. The average molecular weight is 802 g/mol. The van der Waals surface area contributed by atoms with Crippen molar-refractivity contribution >= 4 is 103 Å². The Morgan fingerprint density at radius 3 is 1.57 bits per heavy atom. The largest absolute Gasteiger partial charge is 0.369 e. The van der Waals surface area contributed by atoms with Gasteiger partial charge in [-0.15, -0.1) is 0 Å². The minimum Gasteiger partial charge on any atom is -0.369 e. The Morgan fingerprint density at radius 2 is 1.18 bits per heavy atom. The van der Waals surface area contributed by atoms with Gasteiger partial charge in [-0.25, -0.2) is 7.26 Å². The highest BCUT2D eigenvalue weighted by Gasteiger charge is 2.40. The molecule has 2 aliphatic rings. The van der Waals surface area contributed by atoms with Crippen LogP contribution >= 0.6 is 49.7 Å². The van der Waals surface area contributed by atoms with Gasteiger partial charge in [0.1, 0.15) is 18.9 Å². The van der Waals surface area contributed by atoms with Crippen molar-refractivity contribution in [3.8, 4) is 0 Å². The molecule has 9 amide bonds. The third kappa shape index (κ3) is 15.6. The highest BCUT2D eigenvalue weighted by molar-refractivity contribution is 8.02. The molecule has 2 rings (SSSR count). The summed E-state index contributed by atoms with van der Waals surface area (Å²) in [5, 5.41) is 11.4. The monoisotopic (exact) mass is 801 g/mol. The van der Waals surface area contributed by atoms with Crippen LogP contribution in [0.5, 0.6) is 0 Å². The Bertz CT molecular complexity index is 1260. The highest BCUT2D eigenvalue weighted by Crippen LogP contribution is 2.27. The van der Waals surface area contributed by atoms with Crippen LogP contribution in [0.15, 0.2) is 0 Å². The number of hydrogen-bond acceptors (Lipinski definition) is 16. The van der Waals surface area contributed by atoms with E-state index in [1.54, 1.807) is 6.92 Å². The van der Waals surface area contributed by atoms with Gasteiger partial charge in [-0.2, -0.15) is 0 Å². The summed E-state index contributed by atoms with van der Waals surface area (Å²) in [5.41, 5.74) is 0. The van der Waals surface area contributed by atoms with Gasteiger partial charge in [-0.1, -0.05) is 0 Å². The molecule has 19 nitrogen and oxygen atoms in total. The second-order valence-electron chi connectivity index (χ2n) is 11.1. The van der Waals surface area contributed by atoms with Crippen molar-refractivity contribution < 1.29 is 55.1 Å². The molecule has 3 atom stereocenters. The zero-order valence-corrected chi connectivity index (χ0v) is 31.2. The fourth-order valence-electron chi connectivity index (χ4n) is 4.84. The van der Waals surface area contributed by atoms with Crippen molar-refractivity contribution in [2.45, 2.75) is 75.0 Å². The lowest BCUT2D eigenvalue weighted by atomic mass is 10.1. The summed E-state index contributed by atoms with van der Waals surface area (Å²) < 4.78 is 28.6. The second kappa shape index (κ2) is 23.5. The van der Waals surface area contributed by atoms with Crippen LogP contribution in [0.2, 0.25) is 0 Å². The molecule has 2 aliphatic heterocycles. The molecular formula is C28H43N7O12S4. The van der Waals surface area contributed by atoms with Crippen LogP contribution in [0.25, 0.3) is 0 Å². The summed E-state index contributed by atoms with van der Waals surface area (Å²) in [4.78, 5) is 113. The number of carbonyl (C=O) groups is 9. The average Bonchev–Trinajstić information content (AvgIpc) is 3.55. The SMILES string of the molecule is [3H]SOSC1CC(=O)N(CCC(=O)NCCNC(=O)CC(CC(=O)NCCNC(=O)CCN2C(=O)CC(SOS[3H])C2=O)NC(=O)C(C)OCC)C1=O.